The van der Waals surface area contributed by atoms with Crippen LogP contribution in [-0.2, 0) is 12.8 Å². The minimum Gasteiger partial charge on any atom is -0.487 e. The fourth-order valence-electron chi connectivity index (χ4n) is 2.45. The molecule has 18 heavy (non-hydrogen) atoms. The molecule has 0 amide bonds. The Balaban J connectivity index is 2.06. The van der Waals surface area contributed by atoms with E-state index in [4.69, 9.17) is 4.74 Å². The quantitative estimate of drug-likeness (QED) is 0.884. The van der Waals surface area contributed by atoms with Gasteiger partial charge in [-0.05, 0) is 58.7 Å². The first-order chi connectivity index (χ1) is 8.27. The Hall–Kier alpha value is -1.02. The van der Waals surface area contributed by atoms with E-state index < -0.39 is 0 Å². The molecule has 2 nitrogen and oxygen atoms in total. The van der Waals surface area contributed by atoms with Crippen LogP contribution in [0.2, 0.25) is 0 Å². The second-order valence-electron chi connectivity index (χ2n) is 6.87. The highest BCUT2D eigenvalue weighted by Crippen LogP contribution is 2.37. The highest BCUT2D eigenvalue weighted by atomic mass is 16.5. The lowest BCUT2D eigenvalue weighted by Gasteiger charge is -2.21. The molecule has 0 fully saturated rings. The van der Waals surface area contributed by atoms with Crippen LogP contribution in [0, 0.1) is 0 Å². The van der Waals surface area contributed by atoms with Crippen LogP contribution in [0.4, 0.5) is 0 Å². The minimum atomic E-state index is -0.0457. The van der Waals surface area contributed by atoms with Gasteiger partial charge in [0.05, 0.1) is 0 Å². The summed E-state index contributed by atoms with van der Waals surface area (Å²) in [6.45, 7) is 11.9. The predicted molar refractivity (Wildman–Crippen MR) is 76.3 cm³/mol. The van der Waals surface area contributed by atoms with Gasteiger partial charge in [-0.25, -0.2) is 0 Å². The molecule has 100 valence electrons. The topological polar surface area (TPSA) is 21.3 Å². The maximum atomic E-state index is 6.08. The van der Waals surface area contributed by atoms with Crippen LogP contribution >= 0.6 is 0 Å². The van der Waals surface area contributed by atoms with Crippen molar-refractivity contribution in [3.05, 3.63) is 29.3 Å². The zero-order valence-corrected chi connectivity index (χ0v) is 12.3. The molecule has 0 unspecified atom stereocenters. The van der Waals surface area contributed by atoms with E-state index in [2.05, 4.69) is 58.1 Å². The van der Waals surface area contributed by atoms with E-state index in [1.54, 1.807) is 0 Å². The molecular weight excluding hydrogens is 222 g/mol. The van der Waals surface area contributed by atoms with E-state index in [1.165, 1.54) is 11.1 Å². The van der Waals surface area contributed by atoms with Gasteiger partial charge in [0.25, 0.3) is 0 Å². The molecule has 2 heteroatoms. The third-order valence-corrected chi connectivity index (χ3v) is 3.22. The summed E-state index contributed by atoms with van der Waals surface area (Å²) in [7, 11) is 0. The van der Waals surface area contributed by atoms with Crippen molar-refractivity contribution in [2.45, 2.75) is 58.6 Å². The number of hydrogen-bond donors (Lipinski definition) is 1. The van der Waals surface area contributed by atoms with Gasteiger partial charge in [0.2, 0.25) is 0 Å². The smallest absolute Gasteiger partial charge is 0.126 e. The number of benzene rings is 1. The monoisotopic (exact) mass is 247 g/mol. The molecule has 0 radical (unpaired) electrons. The van der Waals surface area contributed by atoms with Crippen LogP contribution in [0.1, 0.15) is 45.7 Å². The van der Waals surface area contributed by atoms with Crippen molar-refractivity contribution in [1.29, 1.82) is 0 Å². The van der Waals surface area contributed by atoms with E-state index in [1.807, 2.05) is 0 Å². The van der Waals surface area contributed by atoms with Gasteiger partial charge in [-0.15, -0.1) is 0 Å². The first-order valence-corrected chi connectivity index (χ1v) is 6.82. The lowest BCUT2D eigenvalue weighted by Crippen LogP contribution is -2.37. The van der Waals surface area contributed by atoms with Gasteiger partial charge in [-0.2, -0.15) is 0 Å². The van der Waals surface area contributed by atoms with Crippen molar-refractivity contribution in [2.24, 2.45) is 0 Å². The predicted octanol–water partition coefficient (Wildman–Crippen LogP) is 3.33. The summed E-state index contributed by atoms with van der Waals surface area (Å²) < 4.78 is 6.08. The van der Waals surface area contributed by atoms with E-state index in [0.717, 1.165) is 25.1 Å². The zero-order chi connectivity index (χ0) is 13.4. The van der Waals surface area contributed by atoms with Crippen molar-refractivity contribution >= 4 is 0 Å². The van der Waals surface area contributed by atoms with Crippen LogP contribution in [0.5, 0.6) is 5.75 Å². The van der Waals surface area contributed by atoms with Crippen molar-refractivity contribution in [3.8, 4) is 5.75 Å². The summed E-state index contributed by atoms with van der Waals surface area (Å²) in [6, 6.07) is 6.52. The molecule has 0 saturated heterocycles. The van der Waals surface area contributed by atoms with Crippen LogP contribution in [-0.4, -0.2) is 17.7 Å². The SMILES string of the molecule is CC(C)(C)NCCc1cccc2c1OC(C)(C)C2. The summed E-state index contributed by atoms with van der Waals surface area (Å²) >= 11 is 0. The summed E-state index contributed by atoms with van der Waals surface area (Å²) in [5, 5.41) is 3.53. The number of hydrogen-bond acceptors (Lipinski definition) is 2. The number of rotatable bonds is 3. The Bertz CT molecular complexity index is 429. The second-order valence-corrected chi connectivity index (χ2v) is 6.87. The molecule has 0 aliphatic carbocycles. The number of nitrogens with one attached hydrogen (secondary N) is 1. The average Bonchev–Trinajstić information content (AvgIpc) is 2.51. The van der Waals surface area contributed by atoms with Crippen LogP contribution in [0.25, 0.3) is 0 Å². The summed E-state index contributed by atoms with van der Waals surface area (Å²) in [4.78, 5) is 0. The Labute approximate surface area is 111 Å². The Kier molecular flexibility index (Phi) is 3.41. The van der Waals surface area contributed by atoms with E-state index in [9.17, 15) is 0 Å². The summed E-state index contributed by atoms with van der Waals surface area (Å²) in [6.07, 6.45) is 2.04. The van der Waals surface area contributed by atoms with Gasteiger partial charge in [0.15, 0.2) is 0 Å². The van der Waals surface area contributed by atoms with Crippen LogP contribution in [0.15, 0.2) is 18.2 Å². The first kappa shape index (κ1) is 13.4. The van der Waals surface area contributed by atoms with Crippen LogP contribution in [0.3, 0.4) is 0 Å². The lowest BCUT2D eigenvalue weighted by molar-refractivity contribution is 0.137. The largest absolute Gasteiger partial charge is 0.487 e. The minimum absolute atomic E-state index is 0.0457. The van der Waals surface area contributed by atoms with E-state index in [-0.39, 0.29) is 11.1 Å². The summed E-state index contributed by atoms with van der Waals surface area (Å²) in [5.41, 5.74) is 2.82. The third-order valence-electron chi connectivity index (χ3n) is 3.22. The molecule has 1 aromatic rings. The Morgan fingerprint density at radius 1 is 1.28 bits per heavy atom. The van der Waals surface area contributed by atoms with Crippen molar-refractivity contribution in [2.75, 3.05) is 6.54 Å². The molecule has 1 aromatic carbocycles. The Morgan fingerprint density at radius 2 is 2.00 bits per heavy atom. The summed E-state index contributed by atoms with van der Waals surface area (Å²) in [5.74, 6) is 1.12. The lowest BCUT2D eigenvalue weighted by atomic mass is 9.99. The molecule has 0 bridgehead atoms. The molecule has 1 aliphatic rings. The standard InChI is InChI=1S/C16H25NO/c1-15(2,3)17-10-9-12-7-6-8-13-11-16(4,5)18-14(12)13/h6-8,17H,9-11H2,1-5H3. The fraction of sp³-hybridized carbons (Fsp3) is 0.625. The maximum Gasteiger partial charge on any atom is 0.126 e. The average molecular weight is 247 g/mol. The van der Waals surface area contributed by atoms with Crippen molar-refractivity contribution < 1.29 is 4.74 Å². The molecule has 0 atom stereocenters. The van der Waals surface area contributed by atoms with Gasteiger partial charge in [-0.1, -0.05) is 18.2 Å². The highest BCUT2D eigenvalue weighted by molar-refractivity contribution is 5.45. The molecular formula is C16H25NO. The third kappa shape index (κ3) is 3.26. The van der Waals surface area contributed by atoms with Gasteiger partial charge in [-0.3, -0.25) is 0 Å². The zero-order valence-electron chi connectivity index (χ0n) is 12.3. The molecule has 0 spiro atoms. The highest BCUT2D eigenvalue weighted by Gasteiger charge is 2.31. The molecule has 2 rings (SSSR count). The van der Waals surface area contributed by atoms with E-state index in [0.29, 0.717) is 0 Å². The first-order valence-electron chi connectivity index (χ1n) is 6.82. The van der Waals surface area contributed by atoms with Crippen molar-refractivity contribution in [3.63, 3.8) is 0 Å². The van der Waals surface area contributed by atoms with Crippen LogP contribution < -0.4 is 10.1 Å². The molecule has 1 aliphatic heterocycles. The van der Waals surface area contributed by atoms with Crippen molar-refractivity contribution in [1.82, 2.24) is 5.32 Å². The number of para-hydroxylation sites is 1. The molecule has 1 N–H and O–H groups in total. The van der Waals surface area contributed by atoms with Gasteiger partial charge in [0, 0.05) is 12.0 Å². The molecule has 0 aromatic heterocycles. The maximum absolute atomic E-state index is 6.08. The number of ether oxygens (including phenoxy) is 1. The normalized spacial score (nSPS) is 17.4. The van der Waals surface area contributed by atoms with Gasteiger partial charge >= 0.3 is 0 Å². The van der Waals surface area contributed by atoms with Gasteiger partial charge in [0.1, 0.15) is 11.4 Å². The number of fused-ring (bicyclic) bond motifs is 1. The van der Waals surface area contributed by atoms with E-state index >= 15 is 0 Å². The molecule has 1 heterocycles. The second kappa shape index (κ2) is 4.58. The molecule has 0 saturated carbocycles. The fourth-order valence-corrected chi connectivity index (χ4v) is 2.45. The van der Waals surface area contributed by atoms with Gasteiger partial charge < -0.3 is 10.1 Å². The Morgan fingerprint density at radius 3 is 2.67 bits per heavy atom.